The molecule has 0 unspecified atom stereocenters. The molecule has 14 heavy (non-hydrogen) atoms. The van der Waals surface area contributed by atoms with Crippen molar-refractivity contribution in [1.29, 1.82) is 0 Å². The van der Waals surface area contributed by atoms with Gasteiger partial charge in [0.15, 0.2) is 0 Å². The zero-order chi connectivity index (χ0) is 10.9. The Balaban J connectivity index is 2.90. The Morgan fingerprint density at radius 2 is 1.79 bits per heavy atom. The van der Waals surface area contributed by atoms with Gasteiger partial charge in [0.25, 0.3) is 5.91 Å². The van der Waals surface area contributed by atoms with E-state index in [4.69, 9.17) is 0 Å². The highest BCUT2D eigenvalue weighted by atomic mass is 16.2. The van der Waals surface area contributed by atoms with Crippen molar-refractivity contribution in [3.05, 3.63) is 11.8 Å². The minimum Gasteiger partial charge on any atom is -0.303 e. The molecule has 1 saturated heterocycles. The van der Waals surface area contributed by atoms with Crippen molar-refractivity contribution in [1.82, 2.24) is 10.2 Å². The second-order valence-electron chi connectivity index (χ2n) is 4.02. The summed E-state index contributed by atoms with van der Waals surface area (Å²) in [6.07, 6.45) is 1.77. The summed E-state index contributed by atoms with van der Waals surface area (Å²) in [6.45, 7) is 7.56. The van der Waals surface area contributed by atoms with Crippen molar-refractivity contribution in [2.24, 2.45) is 5.92 Å². The number of hydrogen-bond donors (Lipinski definition) is 1. The molecule has 0 aromatic carbocycles. The van der Waals surface area contributed by atoms with E-state index >= 15 is 0 Å². The van der Waals surface area contributed by atoms with Crippen LogP contribution in [0.4, 0.5) is 4.79 Å². The number of allylic oxidation sites excluding steroid dienone is 1. The molecule has 3 amide bonds. The van der Waals surface area contributed by atoms with E-state index in [0.29, 0.717) is 5.70 Å². The molecule has 4 heteroatoms. The van der Waals surface area contributed by atoms with Crippen LogP contribution in [0.15, 0.2) is 11.8 Å². The lowest BCUT2D eigenvalue weighted by Crippen LogP contribution is -2.36. The summed E-state index contributed by atoms with van der Waals surface area (Å²) in [5, 5.41) is 2.56. The number of rotatable bonds is 2. The molecule has 0 saturated carbocycles. The number of nitrogens with one attached hydrogen (secondary N) is 1. The lowest BCUT2D eigenvalue weighted by atomic mass is 10.2. The standard InChI is InChI=1S/C10H16N2O2/c1-6(2)5-8-9(13)12(7(3)4)10(14)11-8/h5-7H,1-4H3,(H,11,14)/b8-5-. The van der Waals surface area contributed by atoms with Crippen molar-refractivity contribution >= 4 is 11.9 Å². The zero-order valence-electron chi connectivity index (χ0n) is 9.00. The largest absolute Gasteiger partial charge is 0.329 e. The maximum Gasteiger partial charge on any atom is 0.329 e. The first-order valence-electron chi connectivity index (χ1n) is 4.80. The van der Waals surface area contributed by atoms with E-state index in [1.807, 2.05) is 27.7 Å². The first-order chi connectivity index (χ1) is 6.43. The summed E-state index contributed by atoms with van der Waals surface area (Å²) in [7, 11) is 0. The maximum absolute atomic E-state index is 11.7. The maximum atomic E-state index is 11.7. The Morgan fingerprint density at radius 3 is 2.14 bits per heavy atom. The number of carbonyl (C=O) groups is 2. The predicted molar refractivity (Wildman–Crippen MR) is 53.4 cm³/mol. The third-order valence-electron chi connectivity index (χ3n) is 1.93. The first kappa shape index (κ1) is 10.8. The minimum atomic E-state index is -0.322. The molecule has 1 rings (SSSR count). The van der Waals surface area contributed by atoms with E-state index < -0.39 is 0 Å². The van der Waals surface area contributed by atoms with Crippen LogP contribution in [0, 0.1) is 5.92 Å². The molecule has 0 aromatic rings. The van der Waals surface area contributed by atoms with Crippen molar-refractivity contribution in [3.8, 4) is 0 Å². The second-order valence-corrected chi connectivity index (χ2v) is 4.02. The van der Waals surface area contributed by atoms with Crippen LogP contribution in [-0.4, -0.2) is 22.9 Å². The SMILES string of the molecule is CC(C)/C=C1\NC(=O)N(C(C)C)C1=O. The van der Waals surface area contributed by atoms with Crippen LogP contribution in [0.3, 0.4) is 0 Å². The van der Waals surface area contributed by atoms with Gasteiger partial charge in [0.05, 0.1) is 0 Å². The average Bonchev–Trinajstić information content (AvgIpc) is 2.25. The van der Waals surface area contributed by atoms with Crippen LogP contribution < -0.4 is 5.32 Å². The Labute approximate surface area is 84.0 Å². The minimum absolute atomic E-state index is 0.0967. The first-order valence-corrected chi connectivity index (χ1v) is 4.80. The summed E-state index contributed by atoms with van der Waals surface area (Å²) < 4.78 is 0. The molecule has 0 aromatic heterocycles. The molecule has 1 N–H and O–H groups in total. The van der Waals surface area contributed by atoms with Crippen molar-refractivity contribution in [2.75, 3.05) is 0 Å². The van der Waals surface area contributed by atoms with Crippen LogP contribution in [0.2, 0.25) is 0 Å². The van der Waals surface area contributed by atoms with Crippen LogP contribution in [0.5, 0.6) is 0 Å². The van der Waals surface area contributed by atoms with E-state index in [9.17, 15) is 9.59 Å². The highest BCUT2D eigenvalue weighted by Gasteiger charge is 2.35. The molecule has 0 atom stereocenters. The Kier molecular flexibility index (Phi) is 2.93. The number of hydrogen-bond acceptors (Lipinski definition) is 2. The third-order valence-corrected chi connectivity index (χ3v) is 1.93. The zero-order valence-corrected chi connectivity index (χ0v) is 9.00. The summed E-state index contributed by atoms with van der Waals surface area (Å²) in [6, 6.07) is -0.419. The summed E-state index contributed by atoms with van der Waals surface area (Å²) >= 11 is 0. The van der Waals surface area contributed by atoms with Gasteiger partial charge in [0.1, 0.15) is 5.70 Å². The van der Waals surface area contributed by atoms with Crippen LogP contribution >= 0.6 is 0 Å². The number of nitrogens with zero attached hydrogens (tertiary/aromatic N) is 1. The van der Waals surface area contributed by atoms with Gasteiger partial charge in [-0.3, -0.25) is 9.69 Å². The highest BCUT2D eigenvalue weighted by Crippen LogP contribution is 2.14. The Hall–Kier alpha value is -1.32. The smallest absolute Gasteiger partial charge is 0.303 e. The third kappa shape index (κ3) is 1.95. The van der Waals surface area contributed by atoms with E-state index in [1.54, 1.807) is 6.08 Å². The van der Waals surface area contributed by atoms with Crippen LogP contribution in [-0.2, 0) is 4.79 Å². The van der Waals surface area contributed by atoms with Gasteiger partial charge < -0.3 is 5.32 Å². The normalized spacial score (nSPS) is 20.1. The lowest BCUT2D eigenvalue weighted by molar-refractivity contribution is -0.124. The highest BCUT2D eigenvalue weighted by molar-refractivity contribution is 6.11. The van der Waals surface area contributed by atoms with Gasteiger partial charge in [0.2, 0.25) is 0 Å². The number of imide groups is 1. The fourth-order valence-electron chi connectivity index (χ4n) is 1.37. The van der Waals surface area contributed by atoms with Crippen molar-refractivity contribution in [3.63, 3.8) is 0 Å². The van der Waals surface area contributed by atoms with Crippen molar-refractivity contribution < 1.29 is 9.59 Å². The molecule has 0 radical (unpaired) electrons. The number of amides is 3. The summed E-state index contributed by atoms with van der Waals surface area (Å²) in [4.78, 5) is 24.3. The molecular weight excluding hydrogens is 180 g/mol. The summed E-state index contributed by atoms with van der Waals surface area (Å²) in [5.74, 6) is 0.0278. The molecule has 78 valence electrons. The molecule has 0 aliphatic carbocycles. The van der Waals surface area contributed by atoms with Gasteiger partial charge in [-0.05, 0) is 19.8 Å². The molecule has 1 aliphatic rings. The fraction of sp³-hybridized carbons (Fsp3) is 0.600. The van der Waals surface area contributed by atoms with Crippen LogP contribution in [0.25, 0.3) is 0 Å². The Bertz CT molecular complexity index is 292. The van der Waals surface area contributed by atoms with Gasteiger partial charge in [0, 0.05) is 6.04 Å². The van der Waals surface area contributed by atoms with Gasteiger partial charge in [-0.1, -0.05) is 19.9 Å². The lowest BCUT2D eigenvalue weighted by Gasteiger charge is -2.15. The quantitative estimate of drug-likeness (QED) is 0.537. The van der Waals surface area contributed by atoms with Gasteiger partial charge >= 0.3 is 6.03 Å². The molecule has 1 aliphatic heterocycles. The molecular formula is C10H16N2O2. The molecule has 0 bridgehead atoms. The van der Waals surface area contributed by atoms with E-state index in [-0.39, 0.29) is 23.9 Å². The van der Waals surface area contributed by atoms with Crippen molar-refractivity contribution in [2.45, 2.75) is 33.7 Å². The van der Waals surface area contributed by atoms with Gasteiger partial charge in [-0.2, -0.15) is 0 Å². The molecule has 0 spiro atoms. The number of urea groups is 1. The summed E-state index contributed by atoms with van der Waals surface area (Å²) in [5.41, 5.74) is 0.402. The Morgan fingerprint density at radius 1 is 1.21 bits per heavy atom. The fourth-order valence-corrected chi connectivity index (χ4v) is 1.37. The topological polar surface area (TPSA) is 49.4 Å². The van der Waals surface area contributed by atoms with Crippen LogP contribution in [0.1, 0.15) is 27.7 Å². The van der Waals surface area contributed by atoms with Gasteiger partial charge in [-0.15, -0.1) is 0 Å². The number of carbonyl (C=O) groups excluding carboxylic acids is 2. The molecule has 1 fully saturated rings. The second kappa shape index (κ2) is 3.82. The van der Waals surface area contributed by atoms with E-state index in [2.05, 4.69) is 5.32 Å². The average molecular weight is 196 g/mol. The van der Waals surface area contributed by atoms with E-state index in [0.717, 1.165) is 0 Å². The van der Waals surface area contributed by atoms with E-state index in [1.165, 1.54) is 4.90 Å². The predicted octanol–water partition coefficient (Wildman–Crippen LogP) is 1.49. The molecule has 4 nitrogen and oxygen atoms in total. The monoisotopic (exact) mass is 196 g/mol. The van der Waals surface area contributed by atoms with Gasteiger partial charge in [-0.25, -0.2) is 4.79 Å². The molecule has 1 heterocycles.